The van der Waals surface area contributed by atoms with Gasteiger partial charge in [0, 0.05) is 48.6 Å². The summed E-state index contributed by atoms with van der Waals surface area (Å²) in [7, 11) is 0. The van der Waals surface area contributed by atoms with E-state index in [0.29, 0.717) is 53.9 Å². The van der Waals surface area contributed by atoms with E-state index in [1.165, 1.54) is 12.5 Å². The number of rotatable bonds is 10. The van der Waals surface area contributed by atoms with Gasteiger partial charge in [-0.25, -0.2) is 15.0 Å². The highest BCUT2D eigenvalue weighted by atomic mass is 19.3. The summed E-state index contributed by atoms with van der Waals surface area (Å²) in [5.74, 6) is 0.547. The number of oxazole rings is 2. The molecule has 2 fully saturated rings. The van der Waals surface area contributed by atoms with Crippen LogP contribution in [0, 0.1) is 19.8 Å². The molecule has 0 aliphatic carbocycles. The zero-order valence-electron chi connectivity index (χ0n) is 29.2. The first-order valence-electron chi connectivity index (χ1n) is 17.6. The number of aliphatic carboxylic acids is 1. The molecule has 0 radical (unpaired) electrons. The Hall–Kier alpha value is -5.20. The second-order valence-corrected chi connectivity index (χ2v) is 14.1. The van der Waals surface area contributed by atoms with Crippen LogP contribution in [0.25, 0.3) is 56.4 Å². The van der Waals surface area contributed by atoms with Crippen molar-refractivity contribution in [1.82, 2.24) is 24.8 Å². The van der Waals surface area contributed by atoms with E-state index in [9.17, 15) is 18.7 Å². The topological polar surface area (TPSA) is 118 Å². The number of benzene rings is 3. The predicted molar refractivity (Wildman–Crippen MR) is 192 cm³/mol. The molecule has 268 valence electrons. The number of alkyl halides is 2. The number of nitrogens with zero attached hydrogens (tertiary/aromatic N) is 5. The van der Waals surface area contributed by atoms with Crippen molar-refractivity contribution in [2.24, 2.45) is 5.92 Å². The van der Waals surface area contributed by atoms with E-state index in [2.05, 4.69) is 28.9 Å². The second-order valence-electron chi connectivity index (χ2n) is 14.1. The van der Waals surface area contributed by atoms with Crippen LogP contribution in [0.15, 0.2) is 69.6 Å². The largest absolute Gasteiger partial charge is 0.480 e. The Morgan fingerprint density at radius 1 is 0.923 bits per heavy atom. The van der Waals surface area contributed by atoms with Gasteiger partial charge in [0.15, 0.2) is 5.58 Å². The van der Waals surface area contributed by atoms with Crippen LogP contribution in [-0.2, 0) is 17.9 Å². The van der Waals surface area contributed by atoms with Crippen LogP contribution >= 0.6 is 0 Å². The standard InChI is InChI=1S/C40H39F2N5O5/c1-22-12-14-46(19-22)20-25-15-32-38(43-18-25)52-37(45-32)30-10-5-8-28(24(30)3)27-7-4-9-29(23(27)2)36-44-31-16-26(21-47-13-6-11-33(47)39(48)49)34(51-40(41)42)17-35(31)50-36/h4-5,7-10,15-18,22,33,40H,6,11-14,19-21H2,1-3H3,(H,48,49)/t22-,33+/m1/s1. The Balaban J connectivity index is 1.11. The van der Waals surface area contributed by atoms with E-state index in [1.807, 2.05) is 50.4 Å². The van der Waals surface area contributed by atoms with Crippen molar-refractivity contribution in [2.45, 2.75) is 65.8 Å². The molecule has 0 unspecified atom stereocenters. The number of ether oxygens (including phenoxy) is 1. The quantitative estimate of drug-likeness (QED) is 0.149. The molecule has 0 spiro atoms. The van der Waals surface area contributed by atoms with Gasteiger partial charge in [-0.3, -0.25) is 14.6 Å². The molecule has 10 nitrogen and oxygen atoms in total. The third-order valence-electron chi connectivity index (χ3n) is 10.4. The van der Waals surface area contributed by atoms with Crippen LogP contribution in [0.1, 0.15) is 48.4 Å². The number of carboxylic acids is 1. The molecule has 2 aliphatic heterocycles. The predicted octanol–water partition coefficient (Wildman–Crippen LogP) is 8.47. The number of halogens is 2. The average molecular weight is 708 g/mol. The summed E-state index contributed by atoms with van der Waals surface area (Å²) >= 11 is 0. The lowest BCUT2D eigenvalue weighted by molar-refractivity contribution is -0.142. The Morgan fingerprint density at radius 2 is 1.62 bits per heavy atom. The molecule has 3 aromatic carbocycles. The van der Waals surface area contributed by atoms with Crippen LogP contribution in [-0.4, -0.2) is 68.1 Å². The monoisotopic (exact) mass is 707 g/mol. The molecule has 2 saturated heterocycles. The first-order valence-corrected chi connectivity index (χ1v) is 17.6. The highest BCUT2D eigenvalue weighted by Crippen LogP contribution is 2.39. The Bertz CT molecular complexity index is 2300. The summed E-state index contributed by atoms with van der Waals surface area (Å²) in [6.07, 6.45) is 4.30. The van der Waals surface area contributed by atoms with Gasteiger partial charge in [0.05, 0.1) is 0 Å². The van der Waals surface area contributed by atoms with Crippen molar-refractivity contribution in [3.63, 3.8) is 0 Å². The minimum absolute atomic E-state index is 0.0639. The first kappa shape index (κ1) is 33.9. The van der Waals surface area contributed by atoms with Crippen LogP contribution in [0.4, 0.5) is 8.78 Å². The van der Waals surface area contributed by atoms with Crippen molar-refractivity contribution in [2.75, 3.05) is 19.6 Å². The molecule has 8 rings (SSSR count). The minimum Gasteiger partial charge on any atom is -0.480 e. The fourth-order valence-corrected chi connectivity index (χ4v) is 7.77. The molecule has 5 heterocycles. The van der Waals surface area contributed by atoms with Crippen molar-refractivity contribution in [1.29, 1.82) is 0 Å². The third kappa shape index (κ3) is 6.52. The van der Waals surface area contributed by atoms with Crippen molar-refractivity contribution in [3.8, 4) is 39.8 Å². The normalized spacial score (nSPS) is 18.3. The second kappa shape index (κ2) is 13.7. The van der Waals surface area contributed by atoms with Gasteiger partial charge < -0.3 is 18.7 Å². The molecule has 0 bridgehead atoms. The third-order valence-corrected chi connectivity index (χ3v) is 10.4. The van der Waals surface area contributed by atoms with Gasteiger partial charge in [-0.2, -0.15) is 8.78 Å². The SMILES string of the molecule is Cc1c(-c2nc3cc(CN4CCC[C@H]4C(=O)O)c(OC(F)F)cc3o2)cccc1-c1cccc(-c2nc3cc(CN4CC[C@@H](C)C4)cnc3o2)c1C. The fourth-order valence-electron chi connectivity index (χ4n) is 7.77. The number of aromatic nitrogens is 3. The zero-order valence-corrected chi connectivity index (χ0v) is 29.2. The molecular formula is C40H39F2N5O5. The van der Waals surface area contributed by atoms with E-state index in [0.717, 1.165) is 64.1 Å². The van der Waals surface area contributed by atoms with Gasteiger partial charge >= 0.3 is 12.6 Å². The van der Waals surface area contributed by atoms with Gasteiger partial charge in [0.25, 0.3) is 0 Å². The smallest absolute Gasteiger partial charge is 0.387 e. The summed E-state index contributed by atoms with van der Waals surface area (Å²) in [4.78, 5) is 30.2. The average Bonchev–Trinajstić information content (AvgIpc) is 3.92. The molecule has 2 aliphatic rings. The van der Waals surface area contributed by atoms with Crippen molar-refractivity contribution in [3.05, 3.63) is 83.0 Å². The molecule has 2 atom stereocenters. The van der Waals surface area contributed by atoms with Crippen molar-refractivity contribution >= 4 is 28.3 Å². The molecule has 0 saturated carbocycles. The van der Waals surface area contributed by atoms with Crippen molar-refractivity contribution < 1.29 is 32.3 Å². The van der Waals surface area contributed by atoms with Gasteiger partial charge in [0.2, 0.25) is 17.5 Å². The number of likely N-dealkylation sites (tertiary alicyclic amines) is 2. The molecule has 52 heavy (non-hydrogen) atoms. The van der Waals surface area contributed by atoms with E-state index in [1.54, 1.807) is 11.0 Å². The molecule has 3 aromatic heterocycles. The lowest BCUT2D eigenvalue weighted by Gasteiger charge is -2.22. The molecule has 1 N–H and O–H groups in total. The Kier molecular flexibility index (Phi) is 8.96. The fraction of sp³-hybridized carbons (Fsp3) is 0.350. The number of hydrogen-bond acceptors (Lipinski definition) is 9. The van der Waals surface area contributed by atoms with Gasteiger partial charge in [-0.15, -0.1) is 0 Å². The maximum absolute atomic E-state index is 13.5. The number of carboxylic acid groups (broad SMARTS) is 1. The summed E-state index contributed by atoms with van der Waals surface area (Å²) in [6, 6.07) is 16.3. The van der Waals surface area contributed by atoms with E-state index < -0.39 is 18.6 Å². The molecule has 0 amide bonds. The van der Waals surface area contributed by atoms with Crippen LogP contribution in [0.2, 0.25) is 0 Å². The zero-order chi connectivity index (χ0) is 36.1. The summed E-state index contributed by atoms with van der Waals surface area (Å²) < 4.78 is 44.2. The van der Waals surface area contributed by atoms with E-state index in [4.69, 9.17) is 23.5 Å². The lowest BCUT2D eigenvalue weighted by Crippen LogP contribution is -2.35. The number of hydrogen-bond donors (Lipinski definition) is 1. The number of pyridine rings is 1. The maximum atomic E-state index is 13.5. The molecule has 6 aromatic rings. The van der Waals surface area contributed by atoms with Crippen LogP contribution in [0.3, 0.4) is 0 Å². The van der Waals surface area contributed by atoms with Gasteiger partial charge in [0.1, 0.15) is 22.8 Å². The summed E-state index contributed by atoms with van der Waals surface area (Å²) in [6.45, 7) is 6.97. The Labute approximate surface area is 299 Å². The van der Waals surface area contributed by atoms with Gasteiger partial charge in [-0.05, 0) is 104 Å². The van der Waals surface area contributed by atoms with E-state index in [-0.39, 0.29) is 17.9 Å². The number of fused-ring (bicyclic) bond motifs is 2. The summed E-state index contributed by atoms with van der Waals surface area (Å²) in [5.41, 5.74) is 8.97. The lowest BCUT2D eigenvalue weighted by atomic mass is 9.91. The highest BCUT2D eigenvalue weighted by Gasteiger charge is 2.31. The van der Waals surface area contributed by atoms with Crippen LogP contribution in [0.5, 0.6) is 5.75 Å². The minimum atomic E-state index is -3.06. The molecule has 12 heteroatoms. The van der Waals surface area contributed by atoms with E-state index >= 15 is 0 Å². The first-order chi connectivity index (χ1) is 25.1. The van der Waals surface area contributed by atoms with Crippen LogP contribution < -0.4 is 4.74 Å². The maximum Gasteiger partial charge on any atom is 0.387 e. The highest BCUT2D eigenvalue weighted by molar-refractivity contribution is 5.84. The Morgan fingerprint density at radius 3 is 2.29 bits per heavy atom. The number of carbonyl (C=O) groups is 1. The summed E-state index contributed by atoms with van der Waals surface area (Å²) in [5, 5.41) is 9.65. The van der Waals surface area contributed by atoms with Gasteiger partial charge in [-0.1, -0.05) is 31.2 Å². The molecular weight excluding hydrogens is 668 g/mol.